The van der Waals surface area contributed by atoms with E-state index < -0.39 is 10.4 Å². The van der Waals surface area contributed by atoms with E-state index in [1.54, 1.807) is 0 Å². The third-order valence-corrected chi connectivity index (χ3v) is 0. The monoisotopic (exact) mass is 230 g/mol. The molecule has 7 heavy (non-hydrogen) atoms. The van der Waals surface area contributed by atoms with Crippen molar-refractivity contribution in [3.05, 3.63) is 0 Å². The van der Waals surface area contributed by atoms with Gasteiger partial charge in [0.05, 0.1) is 0 Å². The topological polar surface area (TPSA) is 106 Å². The average molecular weight is 229 g/mol. The SMILES string of the molecule is O.O=S(=O)(O)O.[Cd]. The Kier molecular flexibility index (Phi) is 11.0. The fraction of sp³-hybridized carbons (Fsp3) is 0. The van der Waals surface area contributed by atoms with Crippen LogP contribution in [0.3, 0.4) is 0 Å². The summed E-state index contributed by atoms with van der Waals surface area (Å²) in [6.45, 7) is 0. The maximum Gasteiger partial charge on any atom is 0.394 e. The van der Waals surface area contributed by atoms with Gasteiger partial charge in [-0.15, -0.1) is 0 Å². The zero-order valence-electron chi connectivity index (χ0n) is 3.33. The molecule has 0 saturated carbocycles. The third kappa shape index (κ3) is 270. The van der Waals surface area contributed by atoms with E-state index in [1.165, 1.54) is 0 Å². The predicted molar refractivity (Wildman–Crippen MR) is 17.8 cm³/mol. The normalized spacial score (nSPS) is 8.29. The third-order valence-electron chi connectivity index (χ3n) is 0. The van der Waals surface area contributed by atoms with Crippen molar-refractivity contribution in [2.24, 2.45) is 0 Å². The Morgan fingerprint density at radius 2 is 1.14 bits per heavy atom. The molecular formula is H4CdO5S. The zero-order chi connectivity index (χ0) is 4.50. The number of hydrogen-bond donors (Lipinski definition) is 2. The molecule has 0 bridgehead atoms. The molecule has 5 nitrogen and oxygen atoms in total. The minimum absolute atomic E-state index is 0. The van der Waals surface area contributed by atoms with Crippen LogP contribution in [-0.2, 0) is 37.7 Å². The summed E-state index contributed by atoms with van der Waals surface area (Å²) in [6.07, 6.45) is 0. The summed E-state index contributed by atoms with van der Waals surface area (Å²) in [7, 11) is -4.67. The summed E-state index contributed by atoms with van der Waals surface area (Å²) in [6, 6.07) is 0. The Balaban J connectivity index is -0.0000000800. The molecule has 0 aromatic rings. The maximum absolute atomic E-state index is 8.74. The van der Waals surface area contributed by atoms with Crippen LogP contribution in [0, 0.1) is 0 Å². The van der Waals surface area contributed by atoms with Crippen molar-refractivity contribution in [3.63, 3.8) is 0 Å². The second kappa shape index (κ2) is 4.90. The molecule has 7 heteroatoms. The Hall–Kier alpha value is 0.752. The van der Waals surface area contributed by atoms with E-state index in [2.05, 4.69) is 0 Å². The number of hydrogen-bond acceptors (Lipinski definition) is 2. The van der Waals surface area contributed by atoms with E-state index in [0.717, 1.165) is 0 Å². The van der Waals surface area contributed by atoms with Crippen molar-refractivity contribution >= 4 is 10.4 Å². The molecule has 42 valence electrons. The molecule has 0 aliphatic heterocycles. The maximum atomic E-state index is 8.74. The van der Waals surface area contributed by atoms with Crippen LogP contribution in [0.25, 0.3) is 0 Å². The first-order chi connectivity index (χ1) is 2.00. The van der Waals surface area contributed by atoms with Crippen LogP contribution < -0.4 is 0 Å². The van der Waals surface area contributed by atoms with E-state index in [0.29, 0.717) is 0 Å². The van der Waals surface area contributed by atoms with Gasteiger partial charge in [-0.25, -0.2) is 0 Å². The fourth-order valence-electron chi connectivity index (χ4n) is 0. The van der Waals surface area contributed by atoms with Crippen molar-refractivity contribution in [1.29, 1.82) is 0 Å². The molecule has 0 aliphatic rings. The molecule has 0 heterocycles. The first-order valence-corrected chi connectivity index (χ1v) is 2.10. The van der Waals surface area contributed by atoms with Gasteiger partial charge in [-0.3, -0.25) is 9.11 Å². The largest absolute Gasteiger partial charge is 0.412 e. The van der Waals surface area contributed by atoms with E-state index in [4.69, 9.17) is 17.5 Å². The van der Waals surface area contributed by atoms with Crippen molar-refractivity contribution in [3.8, 4) is 0 Å². The molecule has 0 atom stereocenters. The smallest absolute Gasteiger partial charge is 0.394 e. The van der Waals surface area contributed by atoms with Gasteiger partial charge in [-0.2, -0.15) is 8.42 Å². The Morgan fingerprint density at radius 1 is 1.14 bits per heavy atom. The molecule has 0 fully saturated rings. The second-order valence-corrected chi connectivity index (χ2v) is 1.34. The van der Waals surface area contributed by atoms with Gasteiger partial charge in [-0.05, 0) is 0 Å². The van der Waals surface area contributed by atoms with Gasteiger partial charge in [0.2, 0.25) is 0 Å². The van der Waals surface area contributed by atoms with Gasteiger partial charge >= 0.3 is 10.4 Å². The molecule has 0 aromatic carbocycles. The van der Waals surface area contributed by atoms with Gasteiger partial charge < -0.3 is 5.48 Å². The van der Waals surface area contributed by atoms with E-state index in [1.807, 2.05) is 0 Å². The quantitative estimate of drug-likeness (QED) is 0.389. The molecule has 0 radical (unpaired) electrons. The van der Waals surface area contributed by atoms with Crippen LogP contribution in [0.15, 0.2) is 0 Å². The van der Waals surface area contributed by atoms with Crippen molar-refractivity contribution in [1.82, 2.24) is 0 Å². The summed E-state index contributed by atoms with van der Waals surface area (Å²) < 4.78 is 31.6. The molecule has 0 unspecified atom stereocenters. The Morgan fingerprint density at radius 3 is 1.14 bits per heavy atom. The average Bonchev–Trinajstić information content (AvgIpc) is 0.722. The summed E-state index contributed by atoms with van der Waals surface area (Å²) in [5.74, 6) is 0. The van der Waals surface area contributed by atoms with E-state index in [-0.39, 0.29) is 32.8 Å². The Labute approximate surface area is 60.8 Å². The zero-order valence-corrected chi connectivity index (χ0v) is 8.18. The van der Waals surface area contributed by atoms with E-state index >= 15 is 0 Å². The van der Waals surface area contributed by atoms with Crippen molar-refractivity contribution in [2.45, 2.75) is 0 Å². The van der Waals surface area contributed by atoms with E-state index in [9.17, 15) is 0 Å². The van der Waals surface area contributed by atoms with Gasteiger partial charge in [0.15, 0.2) is 0 Å². The summed E-state index contributed by atoms with van der Waals surface area (Å²) >= 11 is 0. The minimum Gasteiger partial charge on any atom is -0.412 e. The molecule has 0 amide bonds. The van der Waals surface area contributed by atoms with Crippen molar-refractivity contribution in [2.75, 3.05) is 0 Å². The summed E-state index contributed by atoms with van der Waals surface area (Å²) in [4.78, 5) is 0. The summed E-state index contributed by atoms with van der Waals surface area (Å²) in [5, 5.41) is 0. The fourth-order valence-corrected chi connectivity index (χ4v) is 0. The molecule has 0 aliphatic carbocycles. The van der Waals surface area contributed by atoms with Crippen LogP contribution in [-0.4, -0.2) is 23.0 Å². The van der Waals surface area contributed by atoms with Gasteiger partial charge in [0.1, 0.15) is 0 Å². The number of rotatable bonds is 0. The van der Waals surface area contributed by atoms with Crippen LogP contribution in [0.5, 0.6) is 0 Å². The van der Waals surface area contributed by atoms with Crippen LogP contribution >= 0.6 is 0 Å². The van der Waals surface area contributed by atoms with Crippen LogP contribution in [0.1, 0.15) is 0 Å². The predicted octanol–water partition coefficient (Wildman–Crippen LogP) is -1.48. The second-order valence-electron chi connectivity index (χ2n) is 0.448. The molecular weight excluding hydrogens is 224 g/mol. The standard InChI is InChI=1S/Cd.H2O4S.H2O/c;1-5(2,3)4;/h;(H2,1,2,3,4);1H2. The Bertz CT molecular complexity index is 91.2. The first kappa shape index (κ1) is 15.7. The first-order valence-electron chi connectivity index (χ1n) is 0.698. The molecule has 0 saturated heterocycles. The van der Waals surface area contributed by atoms with Gasteiger partial charge in [0, 0.05) is 27.3 Å². The van der Waals surface area contributed by atoms with Crippen LogP contribution in [0.2, 0.25) is 0 Å². The summed E-state index contributed by atoms with van der Waals surface area (Å²) in [5.41, 5.74) is 0. The molecule has 0 aromatic heterocycles. The van der Waals surface area contributed by atoms with Crippen LogP contribution in [0.4, 0.5) is 0 Å². The minimum atomic E-state index is -4.67. The van der Waals surface area contributed by atoms with Gasteiger partial charge in [-0.1, -0.05) is 0 Å². The molecule has 4 N–H and O–H groups in total. The van der Waals surface area contributed by atoms with Crippen molar-refractivity contribution < 1.29 is 50.3 Å². The molecule has 0 spiro atoms. The molecule has 0 rings (SSSR count). The van der Waals surface area contributed by atoms with Gasteiger partial charge in [0.25, 0.3) is 0 Å².